The van der Waals surface area contributed by atoms with E-state index in [4.69, 9.17) is 4.74 Å². The number of benzene rings is 1. The van der Waals surface area contributed by atoms with E-state index in [9.17, 15) is 13.2 Å². The van der Waals surface area contributed by atoms with Crippen molar-refractivity contribution in [2.24, 2.45) is 11.8 Å². The molecule has 1 amide bonds. The number of ether oxygens (including phenoxy) is 1. The highest BCUT2D eigenvalue weighted by Crippen LogP contribution is 2.27. The second-order valence-corrected chi connectivity index (χ2v) is 8.33. The Morgan fingerprint density at radius 2 is 1.83 bits per heavy atom. The second kappa shape index (κ2) is 6.59. The molecule has 0 radical (unpaired) electrons. The molecule has 2 saturated heterocycles. The van der Waals surface area contributed by atoms with Crippen LogP contribution in [0.5, 0.6) is 0 Å². The zero-order chi connectivity index (χ0) is 16.4. The minimum atomic E-state index is -3.35. The zero-order valence-electron chi connectivity index (χ0n) is 13.2. The Kier molecular flexibility index (Phi) is 4.70. The maximum Gasteiger partial charge on any atom is 0.253 e. The van der Waals surface area contributed by atoms with Crippen molar-refractivity contribution in [2.75, 3.05) is 45.6 Å². The number of hydrogen-bond donors (Lipinski definition) is 1. The van der Waals surface area contributed by atoms with Crippen LogP contribution in [0.1, 0.15) is 10.4 Å². The molecule has 0 aliphatic carbocycles. The van der Waals surface area contributed by atoms with Gasteiger partial charge in [-0.2, -0.15) is 0 Å². The lowest BCUT2D eigenvalue weighted by Gasteiger charge is -2.17. The van der Waals surface area contributed by atoms with E-state index in [1.54, 1.807) is 12.1 Å². The molecule has 126 valence electrons. The first kappa shape index (κ1) is 16.4. The topological polar surface area (TPSA) is 75.7 Å². The normalized spacial score (nSPS) is 24.0. The summed E-state index contributed by atoms with van der Waals surface area (Å²) in [7, 11) is -1.88. The molecule has 0 bridgehead atoms. The van der Waals surface area contributed by atoms with Gasteiger partial charge in [0.05, 0.1) is 17.3 Å². The zero-order valence-corrected chi connectivity index (χ0v) is 14.0. The minimum absolute atomic E-state index is 0.0137. The first-order chi connectivity index (χ1) is 11.0. The van der Waals surface area contributed by atoms with Gasteiger partial charge >= 0.3 is 0 Å². The van der Waals surface area contributed by atoms with Gasteiger partial charge in [-0.1, -0.05) is 0 Å². The van der Waals surface area contributed by atoms with Gasteiger partial charge in [-0.05, 0) is 36.1 Å². The first-order valence-electron chi connectivity index (χ1n) is 7.83. The number of hydrogen-bond acceptors (Lipinski definition) is 5. The van der Waals surface area contributed by atoms with Gasteiger partial charge < -0.3 is 15.0 Å². The Balaban J connectivity index is 1.69. The standard InChI is InChI=1S/C16H22N2O4S/c1-22-6-7-23(20,21)15-4-2-12(3-5-15)16(19)18-10-13-8-17-9-14(13)11-18/h2-5,13-14,17H,6-11H2,1H3/t13-,14+. The van der Waals surface area contributed by atoms with Crippen LogP contribution in [0.4, 0.5) is 0 Å². The molecule has 1 aromatic rings. The number of methoxy groups -OCH3 is 1. The van der Waals surface area contributed by atoms with E-state index in [2.05, 4.69) is 5.32 Å². The van der Waals surface area contributed by atoms with Crippen LogP contribution in [0, 0.1) is 11.8 Å². The summed E-state index contributed by atoms with van der Waals surface area (Å²) in [5.41, 5.74) is 0.545. The SMILES string of the molecule is COCCS(=O)(=O)c1ccc(C(=O)N2C[C@H]3CNC[C@H]3C2)cc1. The molecular formula is C16H22N2O4S. The third kappa shape index (κ3) is 3.41. The molecular weight excluding hydrogens is 316 g/mol. The van der Waals surface area contributed by atoms with E-state index >= 15 is 0 Å². The van der Waals surface area contributed by atoms with Gasteiger partial charge in [0.15, 0.2) is 9.84 Å². The van der Waals surface area contributed by atoms with Crippen molar-refractivity contribution < 1.29 is 17.9 Å². The lowest BCUT2D eigenvalue weighted by molar-refractivity contribution is 0.0781. The molecule has 2 aliphatic rings. The molecule has 0 unspecified atom stereocenters. The summed E-state index contributed by atoms with van der Waals surface area (Å²) in [4.78, 5) is 14.7. The molecule has 2 aliphatic heterocycles. The quantitative estimate of drug-likeness (QED) is 0.841. The molecule has 1 aromatic carbocycles. The van der Waals surface area contributed by atoms with Gasteiger partial charge in [0.25, 0.3) is 5.91 Å². The monoisotopic (exact) mass is 338 g/mol. The van der Waals surface area contributed by atoms with Gasteiger partial charge in [0.2, 0.25) is 0 Å². The van der Waals surface area contributed by atoms with E-state index in [1.165, 1.54) is 19.2 Å². The average molecular weight is 338 g/mol. The van der Waals surface area contributed by atoms with Gasteiger partial charge in [-0.15, -0.1) is 0 Å². The maximum absolute atomic E-state index is 12.5. The smallest absolute Gasteiger partial charge is 0.253 e. The fraction of sp³-hybridized carbons (Fsp3) is 0.562. The second-order valence-electron chi connectivity index (χ2n) is 6.22. The molecule has 0 spiro atoms. The van der Waals surface area contributed by atoms with Crippen LogP contribution >= 0.6 is 0 Å². The summed E-state index contributed by atoms with van der Waals surface area (Å²) < 4.78 is 29.0. The van der Waals surface area contributed by atoms with Crippen molar-refractivity contribution in [3.05, 3.63) is 29.8 Å². The van der Waals surface area contributed by atoms with Crippen molar-refractivity contribution in [1.82, 2.24) is 10.2 Å². The predicted molar refractivity (Wildman–Crippen MR) is 86.1 cm³/mol. The molecule has 0 saturated carbocycles. The van der Waals surface area contributed by atoms with E-state index in [0.29, 0.717) is 17.4 Å². The fourth-order valence-electron chi connectivity index (χ4n) is 3.32. The van der Waals surface area contributed by atoms with Crippen LogP contribution in [0.3, 0.4) is 0 Å². The van der Waals surface area contributed by atoms with Gasteiger partial charge in [-0.3, -0.25) is 4.79 Å². The predicted octanol–water partition coefficient (Wildman–Crippen LogP) is 0.398. The average Bonchev–Trinajstić information content (AvgIpc) is 3.14. The Labute approximate surface area is 136 Å². The van der Waals surface area contributed by atoms with Crippen LogP contribution in [0.15, 0.2) is 29.2 Å². The highest BCUT2D eigenvalue weighted by atomic mass is 32.2. The molecule has 3 rings (SSSR count). The molecule has 23 heavy (non-hydrogen) atoms. The van der Waals surface area contributed by atoms with E-state index in [1.807, 2.05) is 4.90 Å². The number of likely N-dealkylation sites (tertiary alicyclic amines) is 1. The Morgan fingerprint density at radius 3 is 2.39 bits per heavy atom. The molecule has 1 N–H and O–H groups in total. The molecule has 6 nitrogen and oxygen atoms in total. The Hall–Kier alpha value is -1.44. The summed E-state index contributed by atoms with van der Waals surface area (Å²) in [6.07, 6.45) is 0. The number of rotatable bonds is 5. The number of carbonyl (C=O) groups is 1. The molecule has 7 heteroatoms. The van der Waals surface area contributed by atoms with Crippen molar-refractivity contribution in [3.8, 4) is 0 Å². The van der Waals surface area contributed by atoms with Crippen LogP contribution in [0.25, 0.3) is 0 Å². The maximum atomic E-state index is 12.5. The highest BCUT2D eigenvalue weighted by molar-refractivity contribution is 7.91. The third-order valence-electron chi connectivity index (χ3n) is 4.69. The van der Waals surface area contributed by atoms with Crippen molar-refractivity contribution >= 4 is 15.7 Å². The fourth-order valence-corrected chi connectivity index (χ4v) is 4.49. The lowest BCUT2D eigenvalue weighted by atomic mass is 10.0. The number of fused-ring (bicyclic) bond motifs is 1. The van der Waals surface area contributed by atoms with Gasteiger partial charge in [0, 0.05) is 38.9 Å². The first-order valence-corrected chi connectivity index (χ1v) is 9.48. The van der Waals surface area contributed by atoms with Gasteiger partial charge in [-0.25, -0.2) is 8.42 Å². The number of nitrogens with one attached hydrogen (secondary N) is 1. The van der Waals surface area contributed by atoms with Crippen LogP contribution in [0.2, 0.25) is 0 Å². The lowest BCUT2D eigenvalue weighted by Crippen LogP contribution is -2.31. The number of sulfone groups is 1. The van der Waals surface area contributed by atoms with E-state index in [0.717, 1.165) is 26.2 Å². The molecule has 0 aromatic heterocycles. The summed E-state index contributed by atoms with van der Waals surface area (Å²) >= 11 is 0. The van der Waals surface area contributed by atoms with E-state index < -0.39 is 9.84 Å². The van der Waals surface area contributed by atoms with Crippen LogP contribution in [-0.2, 0) is 14.6 Å². The summed E-state index contributed by atoms with van der Waals surface area (Å²) in [5, 5.41) is 3.35. The Bertz CT molecular complexity index is 660. The highest BCUT2D eigenvalue weighted by Gasteiger charge is 2.38. The molecule has 2 fully saturated rings. The molecule has 2 heterocycles. The summed E-state index contributed by atoms with van der Waals surface area (Å²) in [6, 6.07) is 6.23. The van der Waals surface area contributed by atoms with Crippen molar-refractivity contribution in [3.63, 3.8) is 0 Å². The van der Waals surface area contributed by atoms with Crippen LogP contribution < -0.4 is 5.32 Å². The van der Waals surface area contributed by atoms with Crippen LogP contribution in [-0.4, -0.2) is 64.9 Å². The summed E-state index contributed by atoms with van der Waals surface area (Å²) in [6.45, 7) is 3.68. The third-order valence-corrected chi connectivity index (χ3v) is 6.39. The van der Waals surface area contributed by atoms with Crippen molar-refractivity contribution in [2.45, 2.75) is 4.90 Å². The van der Waals surface area contributed by atoms with E-state index in [-0.39, 0.29) is 23.2 Å². The number of amides is 1. The number of carbonyl (C=O) groups excluding carboxylic acids is 1. The van der Waals surface area contributed by atoms with Crippen molar-refractivity contribution in [1.29, 1.82) is 0 Å². The molecule has 2 atom stereocenters. The number of nitrogens with zero attached hydrogens (tertiary/aromatic N) is 1. The largest absolute Gasteiger partial charge is 0.384 e. The van der Waals surface area contributed by atoms with Gasteiger partial charge in [0.1, 0.15) is 0 Å². The Morgan fingerprint density at radius 1 is 1.22 bits per heavy atom. The minimum Gasteiger partial charge on any atom is -0.384 e. The summed E-state index contributed by atoms with van der Waals surface area (Å²) in [5.74, 6) is 1.03.